The van der Waals surface area contributed by atoms with Crippen molar-refractivity contribution in [2.75, 3.05) is 6.54 Å². The molecule has 104 valence electrons. The Morgan fingerprint density at radius 1 is 1.30 bits per heavy atom. The van der Waals surface area contributed by atoms with Crippen molar-refractivity contribution in [2.24, 2.45) is 5.92 Å². The second-order valence-electron chi connectivity index (χ2n) is 5.65. The van der Waals surface area contributed by atoms with Gasteiger partial charge in [-0.05, 0) is 35.6 Å². The summed E-state index contributed by atoms with van der Waals surface area (Å²) in [6.07, 6.45) is 0.418. The molecule has 2 N–H and O–H groups in total. The maximum Gasteiger partial charge on any atom is 0.223 e. The molecule has 1 saturated carbocycles. The summed E-state index contributed by atoms with van der Waals surface area (Å²) in [6, 6.07) is 14.7. The van der Waals surface area contributed by atoms with Crippen molar-refractivity contribution in [3.63, 3.8) is 0 Å². The lowest BCUT2D eigenvalue weighted by atomic mass is 10.0. The van der Waals surface area contributed by atoms with Gasteiger partial charge in [0.05, 0.1) is 6.10 Å². The van der Waals surface area contributed by atoms with Gasteiger partial charge in [-0.2, -0.15) is 0 Å². The van der Waals surface area contributed by atoms with E-state index in [1.54, 1.807) is 6.92 Å². The third-order valence-corrected chi connectivity index (χ3v) is 3.90. The first kappa shape index (κ1) is 13.1. The molecule has 3 unspecified atom stereocenters. The summed E-state index contributed by atoms with van der Waals surface area (Å²) in [5.41, 5.74) is 1.24. The maximum atomic E-state index is 11.9. The minimum atomic E-state index is -0.489. The van der Waals surface area contributed by atoms with Gasteiger partial charge in [0.2, 0.25) is 5.91 Å². The number of aliphatic hydroxyl groups is 1. The standard InChI is InChI=1S/C17H19NO2/c1-11(19)10-18-17(20)16-9-15(16)14-7-6-12-4-2-3-5-13(12)8-14/h2-8,11,15-16,19H,9-10H2,1H3,(H,18,20). The predicted octanol–water partition coefficient (Wildman–Crippen LogP) is 2.44. The van der Waals surface area contributed by atoms with Crippen molar-refractivity contribution < 1.29 is 9.90 Å². The quantitative estimate of drug-likeness (QED) is 0.895. The molecule has 2 aromatic rings. The van der Waals surface area contributed by atoms with E-state index in [0.29, 0.717) is 12.5 Å². The molecule has 3 heteroatoms. The van der Waals surface area contributed by atoms with Gasteiger partial charge < -0.3 is 10.4 Å². The van der Waals surface area contributed by atoms with Crippen LogP contribution in [0.1, 0.15) is 24.8 Å². The number of fused-ring (bicyclic) bond motifs is 1. The number of rotatable bonds is 4. The molecule has 1 amide bonds. The number of hydrogen-bond acceptors (Lipinski definition) is 2. The molecule has 3 rings (SSSR count). The summed E-state index contributed by atoms with van der Waals surface area (Å²) < 4.78 is 0. The second-order valence-corrected chi connectivity index (χ2v) is 5.65. The van der Waals surface area contributed by atoms with E-state index in [9.17, 15) is 9.90 Å². The van der Waals surface area contributed by atoms with Crippen molar-refractivity contribution >= 4 is 16.7 Å². The van der Waals surface area contributed by atoms with E-state index < -0.39 is 6.10 Å². The molecule has 3 atom stereocenters. The normalized spacial score (nSPS) is 22.5. The van der Waals surface area contributed by atoms with Crippen LogP contribution >= 0.6 is 0 Å². The van der Waals surface area contributed by atoms with Gasteiger partial charge in [-0.3, -0.25) is 4.79 Å². The molecule has 0 aliphatic heterocycles. The van der Waals surface area contributed by atoms with Gasteiger partial charge in [-0.15, -0.1) is 0 Å². The Morgan fingerprint density at radius 3 is 2.80 bits per heavy atom. The summed E-state index contributed by atoms with van der Waals surface area (Å²) in [7, 11) is 0. The van der Waals surface area contributed by atoms with E-state index in [4.69, 9.17) is 0 Å². The highest BCUT2D eigenvalue weighted by molar-refractivity contribution is 5.85. The van der Waals surface area contributed by atoms with Crippen LogP contribution in [0.15, 0.2) is 42.5 Å². The zero-order valence-corrected chi connectivity index (χ0v) is 11.5. The van der Waals surface area contributed by atoms with E-state index in [1.807, 2.05) is 12.1 Å². The van der Waals surface area contributed by atoms with Gasteiger partial charge in [0.15, 0.2) is 0 Å². The van der Waals surface area contributed by atoms with Crippen molar-refractivity contribution in [1.29, 1.82) is 0 Å². The largest absolute Gasteiger partial charge is 0.392 e. The topological polar surface area (TPSA) is 49.3 Å². The molecule has 0 spiro atoms. The van der Waals surface area contributed by atoms with Crippen LogP contribution in [0.5, 0.6) is 0 Å². The fraction of sp³-hybridized carbons (Fsp3) is 0.353. The van der Waals surface area contributed by atoms with Crippen LogP contribution in [0.4, 0.5) is 0 Å². The Bertz CT molecular complexity index is 636. The van der Waals surface area contributed by atoms with Crippen LogP contribution in [0.3, 0.4) is 0 Å². The first-order valence-corrected chi connectivity index (χ1v) is 7.09. The Morgan fingerprint density at radius 2 is 2.05 bits per heavy atom. The number of benzene rings is 2. The Hall–Kier alpha value is -1.87. The lowest BCUT2D eigenvalue weighted by Crippen LogP contribution is -2.31. The van der Waals surface area contributed by atoms with Crippen LogP contribution in [-0.2, 0) is 4.79 Å². The molecule has 0 bridgehead atoms. The Labute approximate surface area is 118 Å². The highest BCUT2D eigenvalue weighted by Crippen LogP contribution is 2.48. The molecule has 2 aromatic carbocycles. The SMILES string of the molecule is CC(O)CNC(=O)C1CC1c1ccc2ccccc2c1. The zero-order chi connectivity index (χ0) is 14.1. The maximum absolute atomic E-state index is 11.9. The van der Waals surface area contributed by atoms with Gasteiger partial charge in [-0.25, -0.2) is 0 Å². The molecule has 20 heavy (non-hydrogen) atoms. The summed E-state index contributed by atoms with van der Waals surface area (Å²) in [6.45, 7) is 2.01. The number of carbonyl (C=O) groups excluding carboxylic acids is 1. The van der Waals surface area contributed by atoms with Crippen LogP contribution in [0, 0.1) is 5.92 Å². The lowest BCUT2D eigenvalue weighted by Gasteiger charge is -2.07. The monoisotopic (exact) mass is 269 g/mol. The molecule has 0 saturated heterocycles. The number of hydrogen-bond donors (Lipinski definition) is 2. The number of carbonyl (C=O) groups is 1. The Kier molecular flexibility index (Phi) is 3.45. The van der Waals surface area contributed by atoms with E-state index in [-0.39, 0.29) is 11.8 Å². The average Bonchev–Trinajstić information content (AvgIpc) is 3.24. The van der Waals surface area contributed by atoms with Gasteiger partial charge in [0.1, 0.15) is 0 Å². The Balaban J connectivity index is 1.69. The predicted molar refractivity (Wildman–Crippen MR) is 79.5 cm³/mol. The molecule has 0 heterocycles. The molecule has 1 fully saturated rings. The smallest absolute Gasteiger partial charge is 0.223 e. The van der Waals surface area contributed by atoms with E-state index in [0.717, 1.165) is 6.42 Å². The van der Waals surface area contributed by atoms with Gasteiger partial charge in [0, 0.05) is 12.5 Å². The van der Waals surface area contributed by atoms with Crippen LogP contribution in [-0.4, -0.2) is 23.7 Å². The van der Waals surface area contributed by atoms with Crippen LogP contribution in [0.2, 0.25) is 0 Å². The molecule has 3 nitrogen and oxygen atoms in total. The lowest BCUT2D eigenvalue weighted by molar-refractivity contribution is -0.122. The van der Waals surface area contributed by atoms with E-state index >= 15 is 0 Å². The van der Waals surface area contributed by atoms with E-state index in [1.165, 1.54) is 16.3 Å². The zero-order valence-electron chi connectivity index (χ0n) is 11.5. The molecular formula is C17H19NO2. The minimum Gasteiger partial charge on any atom is -0.392 e. The molecule has 0 radical (unpaired) electrons. The van der Waals surface area contributed by atoms with Gasteiger partial charge in [0.25, 0.3) is 0 Å². The van der Waals surface area contributed by atoms with Crippen molar-refractivity contribution in [2.45, 2.75) is 25.4 Å². The summed E-state index contributed by atoms with van der Waals surface area (Å²) >= 11 is 0. The summed E-state index contributed by atoms with van der Waals surface area (Å²) in [4.78, 5) is 11.9. The van der Waals surface area contributed by atoms with Gasteiger partial charge in [-0.1, -0.05) is 42.5 Å². The highest BCUT2D eigenvalue weighted by atomic mass is 16.3. The third-order valence-electron chi connectivity index (χ3n) is 3.90. The van der Waals surface area contributed by atoms with Crippen molar-refractivity contribution in [3.05, 3.63) is 48.0 Å². The van der Waals surface area contributed by atoms with Crippen LogP contribution in [0.25, 0.3) is 10.8 Å². The molecule has 1 aliphatic rings. The van der Waals surface area contributed by atoms with E-state index in [2.05, 4.69) is 35.6 Å². The third kappa shape index (κ3) is 2.68. The highest BCUT2D eigenvalue weighted by Gasteiger charge is 2.43. The first-order valence-electron chi connectivity index (χ1n) is 7.09. The fourth-order valence-corrected chi connectivity index (χ4v) is 2.67. The van der Waals surface area contributed by atoms with Gasteiger partial charge >= 0.3 is 0 Å². The minimum absolute atomic E-state index is 0.0593. The second kappa shape index (κ2) is 5.25. The van der Waals surface area contributed by atoms with Crippen molar-refractivity contribution in [1.82, 2.24) is 5.32 Å². The van der Waals surface area contributed by atoms with Crippen molar-refractivity contribution in [3.8, 4) is 0 Å². The first-order chi connectivity index (χ1) is 9.65. The average molecular weight is 269 g/mol. The molecular weight excluding hydrogens is 250 g/mol. The fourth-order valence-electron chi connectivity index (χ4n) is 2.67. The molecule has 1 aliphatic carbocycles. The van der Waals surface area contributed by atoms with Crippen LogP contribution < -0.4 is 5.32 Å². The summed E-state index contributed by atoms with van der Waals surface area (Å²) in [5.74, 6) is 0.451. The molecule has 0 aromatic heterocycles. The number of amides is 1. The number of nitrogens with one attached hydrogen (secondary N) is 1. The summed E-state index contributed by atoms with van der Waals surface area (Å²) in [5, 5.41) is 14.4. The number of aliphatic hydroxyl groups excluding tert-OH is 1.